The van der Waals surface area contributed by atoms with Crippen molar-refractivity contribution in [2.75, 3.05) is 31.1 Å². The third-order valence-corrected chi connectivity index (χ3v) is 5.10. The van der Waals surface area contributed by atoms with E-state index in [2.05, 4.69) is 4.98 Å². The molecule has 0 N–H and O–H groups in total. The van der Waals surface area contributed by atoms with Crippen molar-refractivity contribution in [1.82, 2.24) is 9.88 Å². The van der Waals surface area contributed by atoms with Gasteiger partial charge in [0, 0.05) is 31.2 Å². The predicted molar refractivity (Wildman–Crippen MR) is 93.8 cm³/mol. The number of nitrogens with zero attached hydrogens (tertiary/aromatic N) is 3. The van der Waals surface area contributed by atoms with Gasteiger partial charge in [-0.25, -0.2) is 4.98 Å². The Hall–Kier alpha value is -2.67. The Bertz CT molecular complexity index is 804. The van der Waals surface area contributed by atoms with Crippen molar-refractivity contribution in [3.8, 4) is 0 Å². The van der Waals surface area contributed by atoms with Gasteiger partial charge in [-0.15, -0.1) is 0 Å². The first-order valence-electron chi connectivity index (χ1n) is 8.80. The maximum Gasteiger partial charge on any atom is 0.291 e. The SMILES string of the molecule is Cc1ncoc1C(=O)N1CC[C@@H]2OCC(=O)N(c3ccccc3)C[C@H]2C1. The highest BCUT2D eigenvalue weighted by Gasteiger charge is 2.38. The van der Waals surface area contributed by atoms with E-state index in [0.29, 0.717) is 31.7 Å². The van der Waals surface area contributed by atoms with Crippen LogP contribution in [-0.2, 0) is 9.53 Å². The third-order valence-electron chi connectivity index (χ3n) is 5.10. The summed E-state index contributed by atoms with van der Waals surface area (Å²) < 4.78 is 11.1. The molecular formula is C19H21N3O4. The van der Waals surface area contributed by atoms with E-state index in [1.54, 1.807) is 16.7 Å². The smallest absolute Gasteiger partial charge is 0.291 e. The van der Waals surface area contributed by atoms with Gasteiger partial charge in [-0.2, -0.15) is 0 Å². The van der Waals surface area contributed by atoms with Crippen molar-refractivity contribution >= 4 is 17.5 Å². The first kappa shape index (κ1) is 16.8. The topological polar surface area (TPSA) is 75.9 Å². The minimum atomic E-state index is -0.153. The first-order chi connectivity index (χ1) is 12.6. The molecule has 0 spiro atoms. The molecule has 2 saturated heterocycles. The lowest BCUT2D eigenvalue weighted by atomic mass is 9.93. The molecule has 1 aromatic carbocycles. The molecule has 0 bridgehead atoms. The fourth-order valence-corrected chi connectivity index (χ4v) is 3.69. The predicted octanol–water partition coefficient (Wildman–Crippen LogP) is 1.88. The van der Waals surface area contributed by atoms with Crippen LogP contribution in [0.2, 0.25) is 0 Å². The van der Waals surface area contributed by atoms with E-state index in [9.17, 15) is 9.59 Å². The van der Waals surface area contributed by atoms with Crippen LogP contribution in [0.4, 0.5) is 5.69 Å². The molecule has 2 aliphatic rings. The van der Waals surface area contributed by atoms with E-state index in [1.807, 2.05) is 30.3 Å². The number of aryl methyl sites for hydroxylation is 1. The highest BCUT2D eigenvalue weighted by atomic mass is 16.5. The van der Waals surface area contributed by atoms with Crippen LogP contribution < -0.4 is 4.90 Å². The molecule has 0 aliphatic carbocycles. The van der Waals surface area contributed by atoms with Crippen LogP contribution >= 0.6 is 0 Å². The van der Waals surface area contributed by atoms with Gasteiger partial charge in [0.1, 0.15) is 6.61 Å². The van der Waals surface area contributed by atoms with Gasteiger partial charge in [-0.3, -0.25) is 9.59 Å². The molecule has 136 valence electrons. The Morgan fingerprint density at radius 3 is 2.77 bits per heavy atom. The molecule has 3 heterocycles. The summed E-state index contributed by atoms with van der Waals surface area (Å²) in [4.78, 5) is 32.8. The fraction of sp³-hybridized carbons (Fsp3) is 0.421. The van der Waals surface area contributed by atoms with Gasteiger partial charge in [0.25, 0.3) is 11.8 Å². The Labute approximate surface area is 151 Å². The summed E-state index contributed by atoms with van der Waals surface area (Å²) in [6.45, 7) is 3.48. The zero-order valence-corrected chi connectivity index (χ0v) is 14.6. The standard InChI is InChI=1S/C19H21N3O4/c1-13-18(26-12-20-13)19(24)21-8-7-16-14(9-21)10-22(17(23)11-25-16)15-5-3-2-4-6-15/h2-6,12,14,16H,7-11H2,1H3/t14-,16+/m1/s1. The van der Waals surface area contributed by atoms with Crippen molar-refractivity contribution in [3.63, 3.8) is 0 Å². The number of hydrogen-bond acceptors (Lipinski definition) is 5. The normalized spacial score (nSPS) is 23.5. The zero-order chi connectivity index (χ0) is 18.1. The molecule has 4 rings (SSSR count). The summed E-state index contributed by atoms with van der Waals surface area (Å²) in [6.07, 6.45) is 1.98. The number of benzene rings is 1. The van der Waals surface area contributed by atoms with E-state index in [-0.39, 0.29) is 36.2 Å². The van der Waals surface area contributed by atoms with Crippen molar-refractivity contribution in [1.29, 1.82) is 0 Å². The van der Waals surface area contributed by atoms with E-state index in [4.69, 9.17) is 9.15 Å². The van der Waals surface area contributed by atoms with E-state index in [1.165, 1.54) is 6.39 Å². The Morgan fingerprint density at radius 1 is 1.23 bits per heavy atom. The lowest BCUT2D eigenvalue weighted by Crippen LogP contribution is -2.49. The van der Waals surface area contributed by atoms with Crippen LogP contribution in [0, 0.1) is 12.8 Å². The highest BCUT2D eigenvalue weighted by molar-refractivity contribution is 5.95. The van der Waals surface area contributed by atoms with Gasteiger partial charge < -0.3 is 19.0 Å². The van der Waals surface area contributed by atoms with Crippen LogP contribution in [-0.4, -0.2) is 54.0 Å². The number of likely N-dealkylation sites (tertiary alicyclic amines) is 1. The molecule has 1 aromatic heterocycles. The van der Waals surface area contributed by atoms with E-state index in [0.717, 1.165) is 5.69 Å². The molecule has 2 aliphatic heterocycles. The second-order valence-electron chi connectivity index (χ2n) is 6.76. The van der Waals surface area contributed by atoms with Crippen molar-refractivity contribution in [3.05, 3.63) is 48.2 Å². The fourth-order valence-electron chi connectivity index (χ4n) is 3.69. The number of ether oxygens (including phenoxy) is 1. The molecule has 2 atom stereocenters. The lowest BCUT2D eigenvalue weighted by molar-refractivity contribution is -0.124. The maximum atomic E-state index is 12.7. The van der Waals surface area contributed by atoms with Gasteiger partial charge in [0.15, 0.2) is 6.39 Å². The summed E-state index contributed by atoms with van der Waals surface area (Å²) in [5, 5.41) is 0. The number of aromatic nitrogens is 1. The van der Waals surface area contributed by atoms with Crippen LogP contribution in [0.3, 0.4) is 0 Å². The molecule has 2 aromatic rings. The van der Waals surface area contributed by atoms with Crippen LogP contribution in [0.5, 0.6) is 0 Å². The quantitative estimate of drug-likeness (QED) is 0.822. The molecule has 26 heavy (non-hydrogen) atoms. The number of piperidine rings is 1. The molecule has 0 radical (unpaired) electrons. The second kappa shape index (κ2) is 6.92. The molecule has 7 heteroatoms. The van der Waals surface area contributed by atoms with Crippen LogP contribution in [0.25, 0.3) is 0 Å². The Kier molecular flexibility index (Phi) is 4.46. The first-order valence-corrected chi connectivity index (χ1v) is 8.80. The molecular weight excluding hydrogens is 334 g/mol. The molecule has 7 nitrogen and oxygen atoms in total. The van der Waals surface area contributed by atoms with Crippen molar-refractivity contribution < 1.29 is 18.7 Å². The minimum absolute atomic E-state index is 0.0208. The number of carbonyl (C=O) groups excluding carboxylic acids is 2. The van der Waals surface area contributed by atoms with Crippen LogP contribution in [0.15, 0.2) is 41.1 Å². The number of hydrogen-bond donors (Lipinski definition) is 0. The van der Waals surface area contributed by atoms with Crippen molar-refractivity contribution in [2.45, 2.75) is 19.4 Å². The highest BCUT2D eigenvalue weighted by Crippen LogP contribution is 2.28. The minimum Gasteiger partial charge on any atom is -0.438 e. The monoisotopic (exact) mass is 355 g/mol. The number of oxazole rings is 1. The van der Waals surface area contributed by atoms with Crippen LogP contribution in [0.1, 0.15) is 22.7 Å². The summed E-state index contributed by atoms with van der Waals surface area (Å²) in [5.41, 5.74) is 1.45. The van der Waals surface area contributed by atoms with E-state index < -0.39 is 0 Å². The number of fused-ring (bicyclic) bond motifs is 1. The van der Waals surface area contributed by atoms with Crippen molar-refractivity contribution in [2.24, 2.45) is 5.92 Å². The van der Waals surface area contributed by atoms with Gasteiger partial charge >= 0.3 is 0 Å². The van der Waals surface area contributed by atoms with Gasteiger partial charge in [-0.05, 0) is 25.5 Å². The Balaban J connectivity index is 1.53. The number of anilines is 1. The molecule has 2 fully saturated rings. The maximum absolute atomic E-state index is 12.7. The lowest BCUT2D eigenvalue weighted by Gasteiger charge is -2.37. The number of para-hydroxylation sites is 1. The average molecular weight is 355 g/mol. The van der Waals surface area contributed by atoms with E-state index >= 15 is 0 Å². The number of amides is 2. The molecule has 0 unspecified atom stereocenters. The molecule has 2 amide bonds. The Morgan fingerprint density at radius 2 is 2.04 bits per heavy atom. The number of rotatable bonds is 2. The summed E-state index contributed by atoms with van der Waals surface area (Å²) in [7, 11) is 0. The average Bonchev–Trinajstić information content (AvgIpc) is 3.02. The summed E-state index contributed by atoms with van der Waals surface area (Å²) >= 11 is 0. The second-order valence-corrected chi connectivity index (χ2v) is 6.76. The molecule has 0 saturated carbocycles. The number of carbonyl (C=O) groups is 2. The van der Waals surface area contributed by atoms with Gasteiger partial charge in [-0.1, -0.05) is 18.2 Å². The third kappa shape index (κ3) is 3.10. The van der Waals surface area contributed by atoms with Gasteiger partial charge in [0.2, 0.25) is 5.76 Å². The van der Waals surface area contributed by atoms with Gasteiger partial charge in [0.05, 0.1) is 11.8 Å². The zero-order valence-electron chi connectivity index (χ0n) is 14.6. The largest absolute Gasteiger partial charge is 0.438 e. The summed E-state index contributed by atoms with van der Waals surface area (Å²) in [5.74, 6) is 0.145. The summed E-state index contributed by atoms with van der Waals surface area (Å²) in [6, 6.07) is 9.58.